The Morgan fingerprint density at radius 3 is 2.38 bits per heavy atom. The van der Waals surface area contributed by atoms with Crippen LogP contribution in [-0.4, -0.2) is 38.1 Å². The summed E-state index contributed by atoms with van der Waals surface area (Å²) in [5.41, 5.74) is 0.806. The van der Waals surface area contributed by atoms with Crippen LogP contribution in [0.25, 0.3) is 6.08 Å². The Hall–Kier alpha value is -2.48. The fourth-order valence-electron chi connectivity index (χ4n) is 1.70. The monoisotopic (exact) mass is 288 g/mol. The van der Waals surface area contributed by atoms with Crippen molar-refractivity contribution >= 4 is 12.0 Å². The quantitative estimate of drug-likeness (QED) is 0.754. The van der Waals surface area contributed by atoms with Gasteiger partial charge in [-0.25, -0.2) is 0 Å². The van der Waals surface area contributed by atoms with E-state index in [-0.39, 0.29) is 11.9 Å². The van der Waals surface area contributed by atoms with Gasteiger partial charge in [-0.1, -0.05) is 0 Å². The summed E-state index contributed by atoms with van der Waals surface area (Å²) in [4.78, 5) is 13.5. The van der Waals surface area contributed by atoms with E-state index in [0.717, 1.165) is 5.56 Å². The molecule has 0 aromatic heterocycles. The number of benzene rings is 1. The summed E-state index contributed by atoms with van der Waals surface area (Å²) in [6.07, 6.45) is 3.48. The second-order valence-electron chi connectivity index (χ2n) is 4.64. The summed E-state index contributed by atoms with van der Waals surface area (Å²) in [6.45, 7) is 1.84. The first-order valence-electron chi connectivity index (χ1n) is 6.56. The Bertz CT molecular complexity index is 539. The molecule has 5 heteroatoms. The van der Waals surface area contributed by atoms with E-state index in [9.17, 15) is 4.79 Å². The third-order valence-electron chi connectivity index (χ3n) is 3.19. The summed E-state index contributed by atoms with van der Waals surface area (Å²) >= 11 is 0. The topological polar surface area (TPSA) is 62.6 Å². The first-order chi connectivity index (χ1) is 10.0. The van der Waals surface area contributed by atoms with Gasteiger partial charge >= 0.3 is 0 Å². The van der Waals surface area contributed by atoms with Gasteiger partial charge in [0, 0.05) is 25.2 Å². The predicted molar refractivity (Wildman–Crippen MR) is 81.0 cm³/mol. The smallest absolute Gasteiger partial charge is 0.246 e. The van der Waals surface area contributed by atoms with Gasteiger partial charge in [-0.2, -0.15) is 5.26 Å². The standard InChI is InChI=1S/C16H20N2O3/c1-12(7-8-17)18(2)16(19)6-5-13-9-14(20-3)11-15(10-13)21-4/h5-6,9-12H,7H2,1-4H3. The average Bonchev–Trinajstić information content (AvgIpc) is 2.51. The van der Waals surface area contributed by atoms with Crippen LogP contribution in [0.1, 0.15) is 18.9 Å². The summed E-state index contributed by atoms with van der Waals surface area (Å²) in [5, 5.41) is 8.66. The van der Waals surface area contributed by atoms with Crippen molar-refractivity contribution in [1.82, 2.24) is 4.90 Å². The minimum Gasteiger partial charge on any atom is -0.497 e. The maximum Gasteiger partial charge on any atom is 0.246 e. The van der Waals surface area contributed by atoms with E-state index >= 15 is 0 Å². The largest absolute Gasteiger partial charge is 0.497 e. The maximum atomic E-state index is 12.0. The van der Waals surface area contributed by atoms with E-state index in [1.807, 2.05) is 19.1 Å². The van der Waals surface area contributed by atoms with Gasteiger partial charge in [0.05, 0.1) is 26.7 Å². The van der Waals surface area contributed by atoms with Crippen molar-refractivity contribution < 1.29 is 14.3 Å². The Morgan fingerprint density at radius 1 is 1.33 bits per heavy atom. The number of nitrogens with zero attached hydrogens (tertiary/aromatic N) is 2. The van der Waals surface area contributed by atoms with Crippen LogP contribution < -0.4 is 9.47 Å². The minimum absolute atomic E-state index is 0.119. The second-order valence-corrected chi connectivity index (χ2v) is 4.64. The van der Waals surface area contributed by atoms with Gasteiger partial charge in [0.1, 0.15) is 11.5 Å². The Kier molecular flexibility index (Phi) is 6.28. The van der Waals surface area contributed by atoms with Crippen LogP contribution in [0.2, 0.25) is 0 Å². The highest BCUT2D eigenvalue weighted by molar-refractivity contribution is 5.91. The van der Waals surface area contributed by atoms with E-state index in [0.29, 0.717) is 17.9 Å². The third-order valence-corrected chi connectivity index (χ3v) is 3.19. The number of likely N-dealkylation sites (N-methyl/N-ethyl adjacent to an activating group) is 1. The molecule has 0 heterocycles. The maximum absolute atomic E-state index is 12.0. The summed E-state index contributed by atoms with van der Waals surface area (Å²) in [6, 6.07) is 7.32. The van der Waals surface area contributed by atoms with Crippen LogP contribution in [0, 0.1) is 11.3 Å². The molecule has 0 aliphatic carbocycles. The number of rotatable bonds is 6. The SMILES string of the molecule is COc1cc(C=CC(=O)N(C)C(C)CC#N)cc(OC)c1. The van der Waals surface area contributed by atoms with Gasteiger partial charge < -0.3 is 14.4 Å². The zero-order valence-electron chi connectivity index (χ0n) is 12.8. The molecule has 1 amide bonds. The molecule has 1 atom stereocenters. The average molecular weight is 288 g/mol. The molecule has 0 N–H and O–H groups in total. The third kappa shape index (κ3) is 4.84. The Labute approximate surface area is 125 Å². The highest BCUT2D eigenvalue weighted by Crippen LogP contribution is 2.23. The highest BCUT2D eigenvalue weighted by atomic mass is 16.5. The van der Waals surface area contributed by atoms with Crippen molar-refractivity contribution in [3.8, 4) is 17.6 Å². The fraction of sp³-hybridized carbons (Fsp3) is 0.375. The van der Waals surface area contributed by atoms with Crippen molar-refractivity contribution in [2.45, 2.75) is 19.4 Å². The van der Waals surface area contributed by atoms with Crippen LogP contribution in [-0.2, 0) is 4.79 Å². The lowest BCUT2D eigenvalue weighted by Crippen LogP contribution is -2.33. The zero-order valence-corrected chi connectivity index (χ0v) is 12.8. The molecule has 0 spiro atoms. The molecule has 0 saturated heterocycles. The Balaban J connectivity index is 2.85. The lowest BCUT2D eigenvalue weighted by atomic mass is 10.1. The van der Waals surface area contributed by atoms with Gasteiger partial charge in [0.25, 0.3) is 0 Å². The fourth-order valence-corrected chi connectivity index (χ4v) is 1.70. The molecule has 0 saturated carbocycles. The number of hydrogen-bond acceptors (Lipinski definition) is 4. The van der Waals surface area contributed by atoms with Crippen molar-refractivity contribution in [3.05, 3.63) is 29.8 Å². The van der Waals surface area contributed by atoms with E-state index in [2.05, 4.69) is 6.07 Å². The van der Waals surface area contributed by atoms with Crippen LogP contribution in [0.5, 0.6) is 11.5 Å². The molecular weight excluding hydrogens is 268 g/mol. The van der Waals surface area contributed by atoms with Crippen molar-refractivity contribution in [3.63, 3.8) is 0 Å². The molecule has 1 rings (SSSR count). The molecule has 0 aliphatic heterocycles. The van der Waals surface area contributed by atoms with Gasteiger partial charge in [-0.15, -0.1) is 0 Å². The number of nitriles is 1. The molecule has 0 bridgehead atoms. The van der Waals surface area contributed by atoms with Gasteiger partial charge in [0.15, 0.2) is 0 Å². The molecule has 1 aromatic carbocycles. The number of carbonyl (C=O) groups excluding carboxylic acids is 1. The van der Waals surface area contributed by atoms with Crippen molar-refractivity contribution in [1.29, 1.82) is 5.26 Å². The normalized spacial score (nSPS) is 11.8. The van der Waals surface area contributed by atoms with Crippen LogP contribution in [0.3, 0.4) is 0 Å². The van der Waals surface area contributed by atoms with Gasteiger partial charge in [-0.3, -0.25) is 4.79 Å². The molecular formula is C16H20N2O3. The zero-order chi connectivity index (χ0) is 15.8. The summed E-state index contributed by atoms with van der Waals surface area (Å²) in [5.74, 6) is 1.17. The molecule has 112 valence electrons. The van der Waals surface area contributed by atoms with Gasteiger partial charge in [0.2, 0.25) is 5.91 Å². The van der Waals surface area contributed by atoms with E-state index in [4.69, 9.17) is 14.7 Å². The number of amides is 1. The van der Waals surface area contributed by atoms with Crippen molar-refractivity contribution in [2.24, 2.45) is 0 Å². The lowest BCUT2D eigenvalue weighted by Gasteiger charge is -2.21. The molecule has 1 unspecified atom stereocenters. The van der Waals surface area contributed by atoms with Crippen LogP contribution in [0.4, 0.5) is 0 Å². The first-order valence-corrected chi connectivity index (χ1v) is 6.56. The summed E-state index contributed by atoms with van der Waals surface area (Å²) in [7, 11) is 4.83. The highest BCUT2D eigenvalue weighted by Gasteiger charge is 2.12. The molecule has 0 radical (unpaired) electrons. The predicted octanol–water partition coefficient (Wildman–Crippen LogP) is 2.48. The number of ether oxygens (including phenoxy) is 2. The molecule has 0 fully saturated rings. The second kappa shape index (κ2) is 7.95. The van der Waals surface area contributed by atoms with Gasteiger partial charge in [-0.05, 0) is 30.7 Å². The molecule has 5 nitrogen and oxygen atoms in total. The van der Waals surface area contributed by atoms with Crippen molar-refractivity contribution in [2.75, 3.05) is 21.3 Å². The number of carbonyl (C=O) groups is 1. The molecule has 0 aliphatic rings. The first kappa shape index (κ1) is 16.6. The lowest BCUT2D eigenvalue weighted by molar-refractivity contribution is -0.126. The van der Waals surface area contributed by atoms with E-state index in [1.165, 1.54) is 11.0 Å². The van der Waals surface area contributed by atoms with E-state index < -0.39 is 0 Å². The van der Waals surface area contributed by atoms with Crippen LogP contribution >= 0.6 is 0 Å². The molecule has 1 aromatic rings. The van der Waals surface area contributed by atoms with Crippen LogP contribution in [0.15, 0.2) is 24.3 Å². The van der Waals surface area contributed by atoms with E-state index in [1.54, 1.807) is 33.4 Å². The minimum atomic E-state index is -0.153. The Morgan fingerprint density at radius 2 is 1.90 bits per heavy atom. The molecule has 21 heavy (non-hydrogen) atoms. The number of hydrogen-bond donors (Lipinski definition) is 0. The number of methoxy groups -OCH3 is 2. The summed E-state index contributed by atoms with van der Waals surface area (Å²) < 4.78 is 10.4.